The Kier molecular flexibility index (Phi) is 7.18. The molecule has 3 aromatic heterocycles. The average Bonchev–Trinajstić information content (AvgIpc) is 3.98. The van der Waals surface area contributed by atoms with E-state index in [1.54, 1.807) is 0 Å². The summed E-state index contributed by atoms with van der Waals surface area (Å²) >= 11 is 1.29. The Balaban J connectivity index is 1.50. The highest BCUT2D eigenvalue weighted by atomic mass is 32.2. The average molecular weight is 648 g/mol. The molecule has 0 amide bonds. The van der Waals surface area contributed by atoms with E-state index in [4.69, 9.17) is 4.98 Å². The van der Waals surface area contributed by atoms with Crippen LogP contribution in [0.15, 0.2) is 157 Å². The third kappa shape index (κ3) is 5.21. The van der Waals surface area contributed by atoms with Gasteiger partial charge in [-0.3, -0.25) is 4.79 Å². The van der Waals surface area contributed by atoms with Crippen LogP contribution in [0.1, 0.15) is 21.7 Å². The van der Waals surface area contributed by atoms with Gasteiger partial charge in [0.25, 0.3) is 0 Å². The highest BCUT2D eigenvalue weighted by molar-refractivity contribution is 8.14. The van der Waals surface area contributed by atoms with Crippen LogP contribution in [-0.4, -0.2) is 20.1 Å². The number of nitrogens with zero attached hydrogens (tertiary/aromatic N) is 1. The molecule has 0 atom stereocenters. The van der Waals surface area contributed by atoms with E-state index in [2.05, 4.69) is 125 Å². The van der Waals surface area contributed by atoms with Crippen LogP contribution in [0.3, 0.4) is 0 Å². The first-order chi connectivity index (χ1) is 24.2. The molecule has 0 spiro atoms. The fourth-order valence-corrected chi connectivity index (χ4v) is 7.85. The summed E-state index contributed by atoms with van der Waals surface area (Å²) in [6.45, 7) is 0. The Morgan fingerprint density at radius 2 is 0.796 bits per heavy atom. The number of nitrogens with one attached hydrogen (secondary N) is 2. The Labute approximate surface area is 287 Å². The molecule has 9 rings (SSSR count). The van der Waals surface area contributed by atoms with Crippen molar-refractivity contribution in [2.75, 3.05) is 0 Å². The van der Waals surface area contributed by atoms with Gasteiger partial charge in [0.05, 0.1) is 11.4 Å². The molecule has 8 bridgehead atoms. The van der Waals surface area contributed by atoms with Gasteiger partial charge in [-0.05, 0) is 76.5 Å². The summed E-state index contributed by atoms with van der Waals surface area (Å²) in [5.74, 6) is 0. The molecule has 0 radical (unpaired) electrons. The standard InChI is InChI=1S/C44H29N3OS/c48-44-32-27-39(49-44)43(31-19-11-4-12-20-31)38-26-25-37(47-38)42(30-17-9-3-10-18-30)36-24-23-35(46-36)41(29-15-7-2-8-16-29)34-22-21-33(45-34)40(32)28-13-5-1-6-14-28/h1-27,45,47H. The van der Waals surface area contributed by atoms with Crippen LogP contribution in [0.5, 0.6) is 0 Å². The van der Waals surface area contributed by atoms with Gasteiger partial charge in [0.15, 0.2) is 0 Å². The SMILES string of the molecule is O=C1Sc2cc1c(-c1ccccc1)c1ccc([nH]1)c(-c1ccccc1)c1nc(c(-c3ccccc3)c3ccc([nH]3)c2-c2ccccc2)C=C1. The minimum atomic E-state index is 0.0141. The summed E-state index contributed by atoms with van der Waals surface area (Å²) < 4.78 is 0. The minimum Gasteiger partial charge on any atom is -0.354 e. The minimum absolute atomic E-state index is 0.0141. The van der Waals surface area contributed by atoms with Crippen molar-refractivity contribution in [3.8, 4) is 44.5 Å². The van der Waals surface area contributed by atoms with Gasteiger partial charge >= 0.3 is 0 Å². The number of hydrogen-bond donors (Lipinski definition) is 2. The molecule has 4 aromatic carbocycles. The van der Waals surface area contributed by atoms with E-state index in [9.17, 15) is 4.79 Å². The van der Waals surface area contributed by atoms with Gasteiger partial charge in [0.2, 0.25) is 5.12 Å². The first kappa shape index (κ1) is 29.0. The van der Waals surface area contributed by atoms with Gasteiger partial charge in [-0.25, -0.2) is 4.98 Å². The number of carbonyl (C=O) groups excluding carboxylic acids is 1. The van der Waals surface area contributed by atoms with Crippen molar-refractivity contribution in [1.29, 1.82) is 0 Å². The second-order valence-electron chi connectivity index (χ2n) is 12.1. The summed E-state index contributed by atoms with van der Waals surface area (Å²) in [5.41, 5.74) is 14.0. The van der Waals surface area contributed by atoms with Crippen LogP contribution in [0.2, 0.25) is 0 Å². The van der Waals surface area contributed by atoms with Crippen molar-refractivity contribution in [3.05, 3.63) is 169 Å². The van der Waals surface area contributed by atoms with E-state index < -0.39 is 0 Å². The number of aromatic amines is 2. The van der Waals surface area contributed by atoms with Crippen molar-refractivity contribution in [2.24, 2.45) is 0 Å². The third-order valence-corrected chi connectivity index (χ3v) is 10.0. The molecule has 5 heteroatoms. The predicted molar refractivity (Wildman–Crippen MR) is 204 cm³/mol. The number of carbonyl (C=O) groups is 1. The molecule has 0 unspecified atom stereocenters. The number of fused-ring (bicyclic) bond motifs is 8. The van der Waals surface area contributed by atoms with Gasteiger partial charge in [0.1, 0.15) is 0 Å². The fraction of sp³-hybridized carbons (Fsp3) is 0. The van der Waals surface area contributed by atoms with Gasteiger partial charge in [-0.2, -0.15) is 0 Å². The smallest absolute Gasteiger partial charge is 0.224 e. The Morgan fingerprint density at radius 1 is 0.429 bits per heavy atom. The third-order valence-electron chi connectivity index (χ3n) is 9.07. The van der Waals surface area contributed by atoms with Crippen LogP contribution in [0, 0.1) is 0 Å². The molecule has 232 valence electrons. The van der Waals surface area contributed by atoms with Crippen LogP contribution >= 0.6 is 11.8 Å². The summed E-state index contributed by atoms with van der Waals surface area (Å²) in [4.78, 5) is 27.9. The summed E-state index contributed by atoms with van der Waals surface area (Å²) in [7, 11) is 0. The Bertz CT molecular complexity index is 2570. The lowest BCUT2D eigenvalue weighted by Crippen LogP contribution is -1.91. The molecule has 2 aliphatic rings. The van der Waals surface area contributed by atoms with Crippen LogP contribution in [0.4, 0.5) is 0 Å². The number of rotatable bonds is 4. The van der Waals surface area contributed by atoms with E-state index in [0.29, 0.717) is 5.56 Å². The lowest BCUT2D eigenvalue weighted by atomic mass is 10.0. The zero-order valence-corrected chi connectivity index (χ0v) is 27.2. The fourth-order valence-electron chi connectivity index (χ4n) is 6.87. The van der Waals surface area contributed by atoms with Crippen molar-refractivity contribution in [2.45, 2.75) is 4.90 Å². The van der Waals surface area contributed by atoms with E-state index in [1.165, 1.54) is 11.8 Å². The van der Waals surface area contributed by atoms with Gasteiger partial charge in [-0.15, -0.1) is 0 Å². The molecule has 2 aliphatic heterocycles. The molecule has 4 nitrogen and oxygen atoms in total. The number of benzene rings is 4. The molecular formula is C44H29N3OS. The molecule has 0 fully saturated rings. The maximum atomic E-state index is 14.1. The second kappa shape index (κ2) is 12.1. The molecule has 0 aliphatic carbocycles. The number of hydrogen-bond acceptors (Lipinski definition) is 3. The number of H-pyrrole nitrogens is 2. The topological polar surface area (TPSA) is 61.5 Å². The normalized spacial score (nSPS) is 12.4. The maximum Gasteiger partial charge on any atom is 0.224 e. The van der Waals surface area contributed by atoms with E-state index in [-0.39, 0.29) is 5.12 Å². The first-order valence-electron chi connectivity index (χ1n) is 16.3. The van der Waals surface area contributed by atoms with Crippen molar-refractivity contribution in [3.63, 3.8) is 0 Å². The van der Waals surface area contributed by atoms with Crippen LogP contribution in [-0.2, 0) is 0 Å². The van der Waals surface area contributed by atoms with Gasteiger partial charge in [0, 0.05) is 54.8 Å². The summed E-state index contributed by atoms with van der Waals surface area (Å²) in [6, 6.07) is 51.7. The highest BCUT2D eigenvalue weighted by Gasteiger charge is 2.25. The zero-order chi connectivity index (χ0) is 32.7. The lowest BCUT2D eigenvalue weighted by Gasteiger charge is -2.06. The zero-order valence-electron chi connectivity index (χ0n) is 26.4. The van der Waals surface area contributed by atoms with E-state index >= 15 is 0 Å². The quantitative estimate of drug-likeness (QED) is 0.200. The Hall–Kier alpha value is -6.17. The number of thioether (sulfide) groups is 1. The Morgan fingerprint density at radius 3 is 1.24 bits per heavy atom. The summed E-state index contributed by atoms with van der Waals surface area (Å²) in [6.07, 6.45) is 4.22. The van der Waals surface area contributed by atoms with Gasteiger partial charge < -0.3 is 9.97 Å². The van der Waals surface area contributed by atoms with E-state index in [0.717, 1.165) is 82.9 Å². The molecule has 49 heavy (non-hydrogen) atoms. The van der Waals surface area contributed by atoms with Crippen molar-refractivity contribution >= 4 is 51.1 Å². The molecule has 7 aromatic rings. The van der Waals surface area contributed by atoms with Gasteiger partial charge in [-0.1, -0.05) is 121 Å². The summed E-state index contributed by atoms with van der Waals surface area (Å²) in [5, 5.41) is 0.0141. The lowest BCUT2D eigenvalue weighted by molar-refractivity contribution is 0.109. The monoisotopic (exact) mass is 647 g/mol. The predicted octanol–water partition coefficient (Wildman–Crippen LogP) is 11.7. The molecule has 0 saturated carbocycles. The van der Waals surface area contributed by atoms with Crippen LogP contribution < -0.4 is 0 Å². The largest absolute Gasteiger partial charge is 0.354 e. The van der Waals surface area contributed by atoms with E-state index in [1.807, 2.05) is 48.5 Å². The second-order valence-corrected chi connectivity index (χ2v) is 13.1. The highest BCUT2D eigenvalue weighted by Crippen LogP contribution is 2.44. The molecule has 2 N–H and O–H groups in total. The molecule has 0 saturated heterocycles. The maximum absolute atomic E-state index is 14.1. The first-order valence-corrected chi connectivity index (χ1v) is 17.1. The molecular weight excluding hydrogens is 619 g/mol. The van der Waals surface area contributed by atoms with Crippen molar-refractivity contribution in [1.82, 2.24) is 15.0 Å². The molecule has 5 heterocycles. The van der Waals surface area contributed by atoms with Crippen LogP contribution in [0.25, 0.3) is 78.7 Å². The van der Waals surface area contributed by atoms with Crippen molar-refractivity contribution < 1.29 is 4.79 Å². The number of aromatic nitrogens is 3.